The van der Waals surface area contributed by atoms with Crippen LogP contribution in [0.15, 0.2) is 35.3 Å². The van der Waals surface area contributed by atoms with Gasteiger partial charge in [-0.25, -0.2) is 9.18 Å². The minimum Gasteiger partial charge on any atom is -0.444 e. The van der Waals surface area contributed by atoms with E-state index >= 15 is 0 Å². The molecule has 0 saturated carbocycles. The first-order valence-corrected chi connectivity index (χ1v) is 13.4. The summed E-state index contributed by atoms with van der Waals surface area (Å²) in [6, 6.07) is 5.83. The molecule has 10 heteroatoms. The number of ether oxygens (including phenoxy) is 1. The maximum absolute atomic E-state index is 13.7. The third kappa shape index (κ3) is 8.40. The van der Waals surface area contributed by atoms with Crippen LogP contribution in [0.25, 0.3) is 0 Å². The number of pyridine rings is 1. The highest BCUT2D eigenvalue weighted by Crippen LogP contribution is 2.23. The fourth-order valence-electron chi connectivity index (χ4n) is 4.60. The van der Waals surface area contributed by atoms with Crippen molar-refractivity contribution in [1.29, 1.82) is 0 Å². The van der Waals surface area contributed by atoms with Gasteiger partial charge in [0.05, 0.1) is 12.1 Å². The Balaban J connectivity index is 1.57. The van der Waals surface area contributed by atoms with E-state index in [1.54, 1.807) is 24.0 Å². The molecule has 1 aromatic carbocycles. The monoisotopic (exact) mass is 542 g/mol. The molecule has 212 valence electrons. The van der Waals surface area contributed by atoms with Gasteiger partial charge in [0.25, 0.3) is 17.4 Å². The number of nitrogens with one attached hydrogen (secondary N) is 2. The third-order valence-electron chi connectivity index (χ3n) is 6.74. The SMILES string of the molecule is CNC(=O)c1cc(C(=O)NCCCC2CCN(C(=O)OC(C)(C)C)CC2)cn(Cc2ccc(F)c(C)c2)c1=O. The normalized spacial score (nSPS) is 14.2. The van der Waals surface area contributed by atoms with Gasteiger partial charge in [-0.1, -0.05) is 12.1 Å². The fourth-order valence-corrected chi connectivity index (χ4v) is 4.60. The van der Waals surface area contributed by atoms with E-state index in [2.05, 4.69) is 10.6 Å². The van der Waals surface area contributed by atoms with Crippen molar-refractivity contribution >= 4 is 17.9 Å². The number of rotatable bonds is 8. The van der Waals surface area contributed by atoms with Crippen LogP contribution < -0.4 is 16.2 Å². The summed E-state index contributed by atoms with van der Waals surface area (Å²) in [5.74, 6) is -0.860. The van der Waals surface area contributed by atoms with Crippen LogP contribution in [-0.2, 0) is 11.3 Å². The summed E-state index contributed by atoms with van der Waals surface area (Å²) < 4.78 is 20.4. The second kappa shape index (κ2) is 12.9. The Morgan fingerprint density at radius 2 is 1.79 bits per heavy atom. The molecule has 0 unspecified atom stereocenters. The highest BCUT2D eigenvalue weighted by atomic mass is 19.1. The van der Waals surface area contributed by atoms with E-state index in [0.717, 1.165) is 25.7 Å². The third-order valence-corrected chi connectivity index (χ3v) is 6.74. The number of likely N-dealkylation sites (tertiary alicyclic amines) is 1. The molecule has 3 amide bonds. The van der Waals surface area contributed by atoms with E-state index in [-0.39, 0.29) is 35.5 Å². The summed E-state index contributed by atoms with van der Waals surface area (Å²) >= 11 is 0. The quantitative estimate of drug-likeness (QED) is 0.493. The van der Waals surface area contributed by atoms with Crippen LogP contribution in [0.3, 0.4) is 0 Å². The summed E-state index contributed by atoms with van der Waals surface area (Å²) in [6.45, 7) is 9.03. The Morgan fingerprint density at radius 1 is 1.10 bits per heavy atom. The highest BCUT2D eigenvalue weighted by Gasteiger charge is 2.26. The van der Waals surface area contributed by atoms with Crippen molar-refractivity contribution < 1.29 is 23.5 Å². The average Bonchev–Trinajstić information content (AvgIpc) is 2.88. The summed E-state index contributed by atoms with van der Waals surface area (Å²) in [5, 5.41) is 5.32. The first-order chi connectivity index (χ1) is 18.4. The van der Waals surface area contributed by atoms with Crippen LogP contribution in [0.4, 0.5) is 9.18 Å². The van der Waals surface area contributed by atoms with E-state index in [4.69, 9.17) is 4.74 Å². The lowest BCUT2D eigenvalue weighted by atomic mass is 9.92. The minimum absolute atomic E-state index is 0.0903. The Hall–Kier alpha value is -3.69. The van der Waals surface area contributed by atoms with Crippen LogP contribution in [0.1, 0.15) is 78.3 Å². The number of carbonyl (C=O) groups is 3. The molecule has 1 aromatic heterocycles. The van der Waals surface area contributed by atoms with Crippen molar-refractivity contribution in [3.8, 4) is 0 Å². The Bertz CT molecular complexity index is 1260. The van der Waals surface area contributed by atoms with E-state index in [1.165, 1.54) is 29.9 Å². The number of aryl methyl sites for hydroxylation is 1. The predicted octanol–water partition coefficient (Wildman–Crippen LogP) is 3.86. The smallest absolute Gasteiger partial charge is 0.410 e. The van der Waals surface area contributed by atoms with Crippen LogP contribution in [0.5, 0.6) is 0 Å². The van der Waals surface area contributed by atoms with E-state index in [9.17, 15) is 23.6 Å². The van der Waals surface area contributed by atoms with Gasteiger partial charge in [0.1, 0.15) is 17.0 Å². The number of hydrogen-bond donors (Lipinski definition) is 2. The number of amides is 3. The molecule has 1 fully saturated rings. The Labute approximate surface area is 228 Å². The van der Waals surface area contributed by atoms with Gasteiger partial charge in [0, 0.05) is 32.9 Å². The molecule has 0 bridgehead atoms. The van der Waals surface area contributed by atoms with Crippen LogP contribution >= 0.6 is 0 Å². The standard InChI is InChI=1S/C29H39FN4O5/c1-19-15-21(8-9-24(19)30)17-34-18-22(16-23(27(34)37)26(36)31-5)25(35)32-12-6-7-20-10-13-33(14-11-20)28(38)39-29(2,3)4/h8-9,15-16,18,20H,6-7,10-14,17H2,1-5H3,(H,31,36)(H,32,35). The lowest BCUT2D eigenvalue weighted by molar-refractivity contribution is 0.0180. The van der Waals surface area contributed by atoms with Crippen molar-refractivity contribution in [2.75, 3.05) is 26.7 Å². The lowest BCUT2D eigenvalue weighted by Gasteiger charge is -2.33. The number of benzene rings is 1. The van der Waals surface area contributed by atoms with Gasteiger partial charge in [0.15, 0.2) is 0 Å². The number of nitrogens with zero attached hydrogens (tertiary/aromatic N) is 2. The largest absolute Gasteiger partial charge is 0.444 e. The molecule has 39 heavy (non-hydrogen) atoms. The van der Waals surface area contributed by atoms with Crippen LogP contribution in [0, 0.1) is 18.7 Å². The molecular weight excluding hydrogens is 503 g/mol. The molecule has 0 radical (unpaired) electrons. The van der Waals surface area contributed by atoms with Crippen molar-refractivity contribution in [2.24, 2.45) is 5.92 Å². The van der Waals surface area contributed by atoms with Crippen LogP contribution in [-0.4, -0.2) is 59.7 Å². The first-order valence-electron chi connectivity index (χ1n) is 13.4. The van der Waals surface area contributed by atoms with Crippen molar-refractivity contribution in [1.82, 2.24) is 20.1 Å². The summed E-state index contributed by atoms with van der Waals surface area (Å²) in [4.78, 5) is 52.2. The topological polar surface area (TPSA) is 110 Å². The summed E-state index contributed by atoms with van der Waals surface area (Å²) in [6.07, 6.45) is 4.59. The molecule has 2 aromatic rings. The van der Waals surface area contributed by atoms with E-state index in [1.807, 2.05) is 20.8 Å². The zero-order valence-corrected chi connectivity index (χ0v) is 23.4. The number of piperidine rings is 1. The average molecular weight is 543 g/mol. The minimum atomic E-state index is -0.587. The molecule has 0 atom stereocenters. The van der Waals surface area contributed by atoms with Crippen molar-refractivity contribution in [3.63, 3.8) is 0 Å². The van der Waals surface area contributed by atoms with Gasteiger partial charge in [-0.15, -0.1) is 0 Å². The number of aromatic nitrogens is 1. The molecule has 2 heterocycles. The summed E-state index contributed by atoms with van der Waals surface area (Å²) in [7, 11) is 1.42. The van der Waals surface area contributed by atoms with Gasteiger partial charge in [0.2, 0.25) is 0 Å². The molecule has 9 nitrogen and oxygen atoms in total. The fraction of sp³-hybridized carbons (Fsp3) is 0.517. The first kappa shape index (κ1) is 29.9. The van der Waals surface area contributed by atoms with Gasteiger partial charge in [-0.2, -0.15) is 0 Å². The molecule has 1 aliphatic heterocycles. The Kier molecular flexibility index (Phi) is 9.88. The second-order valence-corrected chi connectivity index (χ2v) is 11.0. The lowest BCUT2D eigenvalue weighted by Crippen LogP contribution is -2.41. The number of halogens is 1. The Morgan fingerprint density at radius 3 is 2.41 bits per heavy atom. The molecule has 1 aliphatic rings. The maximum atomic E-state index is 13.7. The molecule has 0 spiro atoms. The zero-order chi connectivity index (χ0) is 28.7. The molecule has 1 saturated heterocycles. The van der Waals surface area contributed by atoms with Gasteiger partial charge in [-0.05, 0) is 82.6 Å². The number of hydrogen-bond acceptors (Lipinski definition) is 5. The van der Waals surface area contributed by atoms with E-state index < -0.39 is 17.1 Å². The summed E-state index contributed by atoms with van der Waals surface area (Å²) in [5.41, 5.74) is 0.121. The molecular formula is C29H39FN4O5. The van der Waals surface area contributed by atoms with Crippen molar-refractivity contribution in [3.05, 3.63) is 68.9 Å². The second-order valence-electron chi connectivity index (χ2n) is 11.0. The van der Waals surface area contributed by atoms with E-state index in [0.29, 0.717) is 36.7 Å². The molecule has 2 N–H and O–H groups in total. The zero-order valence-electron chi connectivity index (χ0n) is 23.4. The highest BCUT2D eigenvalue weighted by molar-refractivity contribution is 5.99. The molecule has 0 aliphatic carbocycles. The van der Waals surface area contributed by atoms with Gasteiger partial charge < -0.3 is 24.8 Å². The maximum Gasteiger partial charge on any atom is 0.410 e. The van der Waals surface area contributed by atoms with Gasteiger partial charge >= 0.3 is 6.09 Å². The molecule has 3 rings (SSSR count). The van der Waals surface area contributed by atoms with Crippen molar-refractivity contribution in [2.45, 2.75) is 65.5 Å². The van der Waals surface area contributed by atoms with Gasteiger partial charge in [-0.3, -0.25) is 14.4 Å². The number of carbonyl (C=O) groups excluding carboxylic acids is 3. The van der Waals surface area contributed by atoms with Crippen LogP contribution in [0.2, 0.25) is 0 Å². The predicted molar refractivity (Wildman–Crippen MR) is 146 cm³/mol.